The normalized spacial score (nSPS) is 16.7. The summed E-state index contributed by atoms with van der Waals surface area (Å²) in [6.45, 7) is 3.21. The number of methoxy groups -OCH3 is 2. The molecule has 2 aromatic rings. The number of hydrogen-bond acceptors (Lipinski definition) is 6. The molecular formula is C20H26N4O3. The second kappa shape index (κ2) is 8.70. The molecule has 0 aliphatic carbocycles. The number of ether oxygens (including phenoxy) is 2. The summed E-state index contributed by atoms with van der Waals surface area (Å²) >= 11 is 0. The van der Waals surface area contributed by atoms with Crippen molar-refractivity contribution in [2.75, 3.05) is 31.0 Å². The first-order chi connectivity index (χ1) is 13.2. The molecule has 3 rings (SSSR count). The number of benzene rings is 1. The minimum Gasteiger partial charge on any atom is -0.493 e. The predicted octanol–water partition coefficient (Wildman–Crippen LogP) is 3.52. The second-order valence-electron chi connectivity index (χ2n) is 6.55. The molecule has 1 N–H and O–H groups in total. The van der Waals surface area contributed by atoms with Crippen LogP contribution in [-0.2, 0) is 0 Å². The van der Waals surface area contributed by atoms with Crippen LogP contribution in [0.3, 0.4) is 0 Å². The summed E-state index contributed by atoms with van der Waals surface area (Å²) in [4.78, 5) is 14.8. The summed E-state index contributed by atoms with van der Waals surface area (Å²) in [7, 11) is 3.09. The molecule has 1 fully saturated rings. The molecule has 0 spiro atoms. The number of carbonyl (C=O) groups excluding carboxylic acids is 1. The summed E-state index contributed by atoms with van der Waals surface area (Å²) in [5.74, 6) is 2.09. The van der Waals surface area contributed by atoms with Crippen LogP contribution in [0.2, 0.25) is 0 Å². The molecule has 0 saturated carbocycles. The van der Waals surface area contributed by atoms with Crippen LogP contribution in [-0.4, -0.2) is 42.9 Å². The molecule has 144 valence electrons. The van der Waals surface area contributed by atoms with Crippen molar-refractivity contribution in [3.8, 4) is 11.5 Å². The number of piperidine rings is 1. The van der Waals surface area contributed by atoms with Gasteiger partial charge in [0.1, 0.15) is 0 Å². The monoisotopic (exact) mass is 370 g/mol. The van der Waals surface area contributed by atoms with Crippen molar-refractivity contribution in [1.82, 2.24) is 10.2 Å². The zero-order valence-electron chi connectivity index (χ0n) is 16.1. The molecule has 0 radical (unpaired) electrons. The third-order valence-corrected chi connectivity index (χ3v) is 4.93. The first-order valence-corrected chi connectivity index (χ1v) is 9.30. The van der Waals surface area contributed by atoms with E-state index in [9.17, 15) is 4.79 Å². The van der Waals surface area contributed by atoms with Crippen molar-refractivity contribution in [2.24, 2.45) is 0 Å². The molecule has 27 heavy (non-hydrogen) atoms. The number of nitrogens with one attached hydrogen (secondary N) is 1. The first kappa shape index (κ1) is 18.9. The van der Waals surface area contributed by atoms with Crippen molar-refractivity contribution in [2.45, 2.75) is 38.6 Å². The van der Waals surface area contributed by atoms with E-state index in [1.807, 2.05) is 6.07 Å². The average molecular weight is 370 g/mol. The Morgan fingerprint density at radius 2 is 1.96 bits per heavy atom. The summed E-state index contributed by atoms with van der Waals surface area (Å²) in [6, 6.07) is 9.24. The van der Waals surface area contributed by atoms with E-state index in [-0.39, 0.29) is 5.91 Å². The van der Waals surface area contributed by atoms with Gasteiger partial charge < -0.3 is 19.7 Å². The zero-order chi connectivity index (χ0) is 19.2. The summed E-state index contributed by atoms with van der Waals surface area (Å²) in [5.41, 5.74) is 0.459. The number of anilines is 2. The molecular weight excluding hydrogens is 344 g/mol. The van der Waals surface area contributed by atoms with Crippen LogP contribution in [0.5, 0.6) is 11.5 Å². The minimum atomic E-state index is -0.276. The highest BCUT2D eigenvalue weighted by molar-refractivity contribution is 6.04. The van der Waals surface area contributed by atoms with Crippen molar-refractivity contribution < 1.29 is 14.3 Å². The standard InChI is InChI=1S/C20H26N4O3/c1-4-15-7-5-6-12-24(15)19-11-10-18(22-23-19)21-20(25)14-8-9-16(26-2)17(13-14)27-3/h8-11,13,15H,4-7,12H2,1-3H3,(H,21,22,25). The lowest BCUT2D eigenvalue weighted by Crippen LogP contribution is -2.39. The van der Waals surface area contributed by atoms with E-state index < -0.39 is 0 Å². The van der Waals surface area contributed by atoms with Gasteiger partial charge in [-0.15, -0.1) is 10.2 Å². The van der Waals surface area contributed by atoms with E-state index >= 15 is 0 Å². The number of hydrogen-bond donors (Lipinski definition) is 1. The Bertz CT molecular complexity index is 779. The van der Waals surface area contributed by atoms with E-state index in [2.05, 4.69) is 27.3 Å². The Hall–Kier alpha value is -2.83. The smallest absolute Gasteiger partial charge is 0.257 e. The molecule has 1 aromatic carbocycles. The van der Waals surface area contributed by atoms with Gasteiger partial charge in [0.15, 0.2) is 23.1 Å². The van der Waals surface area contributed by atoms with Gasteiger partial charge in [-0.25, -0.2) is 0 Å². The fourth-order valence-electron chi connectivity index (χ4n) is 3.44. The molecule has 7 heteroatoms. The molecule has 7 nitrogen and oxygen atoms in total. The lowest BCUT2D eigenvalue weighted by Gasteiger charge is -2.35. The van der Waals surface area contributed by atoms with Crippen molar-refractivity contribution in [1.29, 1.82) is 0 Å². The van der Waals surface area contributed by atoms with Gasteiger partial charge in [0.05, 0.1) is 14.2 Å². The maximum absolute atomic E-state index is 12.5. The van der Waals surface area contributed by atoms with Gasteiger partial charge in [-0.2, -0.15) is 0 Å². The molecule has 1 aliphatic rings. The second-order valence-corrected chi connectivity index (χ2v) is 6.55. The fourth-order valence-corrected chi connectivity index (χ4v) is 3.44. The molecule has 1 atom stereocenters. The fraction of sp³-hybridized carbons (Fsp3) is 0.450. The molecule has 1 saturated heterocycles. The highest BCUT2D eigenvalue weighted by atomic mass is 16.5. The third kappa shape index (κ3) is 4.30. The molecule has 1 aliphatic heterocycles. The highest BCUT2D eigenvalue weighted by Gasteiger charge is 2.22. The minimum absolute atomic E-state index is 0.276. The van der Waals surface area contributed by atoms with E-state index in [4.69, 9.17) is 9.47 Å². The van der Waals surface area contributed by atoms with Crippen LogP contribution in [0.1, 0.15) is 43.0 Å². The molecule has 1 unspecified atom stereocenters. The number of aromatic nitrogens is 2. The van der Waals surface area contributed by atoms with Crippen LogP contribution >= 0.6 is 0 Å². The van der Waals surface area contributed by atoms with Gasteiger partial charge in [0.25, 0.3) is 5.91 Å². The molecule has 2 heterocycles. The van der Waals surface area contributed by atoms with E-state index in [0.29, 0.717) is 28.9 Å². The highest BCUT2D eigenvalue weighted by Crippen LogP contribution is 2.28. The van der Waals surface area contributed by atoms with Gasteiger partial charge in [0.2, 0.25) is 0 Å². The van der Waals surface area contributed by atoms with Crippen molar-refractivity contribution in [3.63, 3.8) is 0 Å². The maximum Gasteiger partial charge on any atom is 0.257 e. The Labute approximate surface area is 159 Å². The average Bonchev–Trinajstić information content (AvgIpc) is 2.73. The number of amides is 1. The molecule has 1 aromatic heterocycles. The number of nitrogens with zero attached hydrogens (tertiary/aromatic N) is 3. The zero-order valence-corrected chi connectivity index (χ0v) is 16.1. The van der Waals surface area contributed by atoms with Gasteiger partial charge in [-0.1, -0.05) is 6.92 Å². The van der Waals surface area contributed by atoms with Crippen LogP contribution < -0.4 is 19.7 Å². The Balaban J connectivity index is 1.70. The number of rotatable bonds is 6. The van der Waals surface area contributed by atoms with Crippen LogP contribution in [0.25, 0.3) is 0 Å². The summed E-state index contributed by atoms with van der Waals surface area (Å²) in [6.07, 6.45) is 4.73. The predicted molar refractivity (Wildman–Crippen MR) is 105 cm³/mol. The topological polar surface area (TPSA) is 76.6 Å². The van der Waals surface area contributed by atoms with Gasteiger partial charge >= 0.3 is 0 Å². The lowest BCUT2D eigenvalue weighted by atomic mass is 10.0. The van der Waals surface area contributed by atoms with E-state index in [1.54, 1.807) is 31.4 Å². The largest absolute Gasteiger partial charge is 0.493 e. The summed E-state index contributed by atoms with van der Waals surface area (Å²) < 4.78 is 10.4. The third-order valence-electron chi connectivity index (χ3n) is 4.93. The van der Waals surface area contributed by atoms with Crippen molar-refractivity contribution >= 4 is 17.5 Å². The quantitative estimate of drug-likeness (QED) is 0.838. The molecule has 0 bridgehead atoms. The first-order valence-electron chi connectivity index (χ1n) is 9.30. The van der Waals surface area contributed by atoms with Crippen molar-refractivity contribution in [3.05, 3.63) is 35.9 Å². The molecule has 1 amide bonds. The van der Waals surface area contributed by atoms with Gasteiger partial charge in [0, 0.05) is 18.2 Å². The van der Waals surface area contributed by atoms with Crippen LogP contribution in [0.15, 0.2) is 30.3 Å². The lowest BCUT2D eigenvalue weighted by molar-refractivity contribution is 0.102. The van der Waals surface area contributed by atoms with Gasteiger partial charge in [-0.05, 0) is 56.0 Å². The van der Waals surface area contributed by atoms with E-state index in [1.165, 1.54) is 26.4 Å². The Morgan fingerprint density at radius 3 is 2.63 bits per heavy atom. The van der Waals surface area contributed by atoms with Crippen LogP contribution in [0.4, 0.5) is 11.6 Å². The summed E-state index contributed by atoms with van der Waals surface area (Å²) in [5, 5.41) is 11.3. The maximum atomic E-state index is 12.5. The van der Waals surface area contributed by atoms with Gasteiger partial charge in [-0.3, -0.25) is 4.79 Å². The Morgan fingerprint density at radius 1 is 1.15 bits per heavy atom. The SMILES string of the molecule is CCC1CCCCN1c1ccc(NC(=O)c2ccc(OC)c(OC)c2)nn1. The number of carbonyl (C=O) groups is 1. The van der Waals surface area contributed by atoms with E-state index in [0.717, 1.165) is 18.8 Å². The van der Waals surface area contributed by atoms with Crippen LogP contribution in [0, 0.1) is 0 Å². The Kier molecular flexibility index (Phi) is 6.11.